The number of hydrogen-bond acceptors (Lipinski definition) is 3. The summed E-state index contributed by atoms with van der Waals surface area (Å²) in [7, 11) is 0. The summed E-state index contributed by atoms with van der Waals surface area (Å²) in [4.78, 5) is 12.1. The Morgan fingerprint density at radius 1 is 1.38 bits per heavy atom. The van der Waals surface area contributed by atoms with E-state index >= 15 is 0 Å². The van der Waals surface area contributed by atoms with E-state index in [1.165, 1.54) is 6.07 Å². The van der Waals surface area contributed by atoms with Gasteiger partial charge in [-0.25, -0.2) is 4.39 Å². The summed E-state index contributed by atoms with van der Waals surface area (Å²) in [6.45, 7) is 2.09. The predicted octanol–water partition coefficient (Wildman–Crippen LogP) is 3.74. The van der Waals surface area contributed by atoms with Crippen molar-refractivity contribution in [1.29, 1.82) is 0 Å². The lowest BCUT2D eigenvalue weighted by Crippen LogP contribution is -2.26. The number of aromatic amines is 1. The number of aromatic nitrogens is 2. The first-order valence-corrected chi connectivity index (χ1v) is 7.75. The van der Waals surface area contributed by atoms with Gasteiger partial charge in [0.25, 0.3) is 5.91 Å². The number of carbonyl (C=O) groups excluding carboxylic acids is 1. The van der Waals surface area contributed by atoms with Gasteiger partial charge in [-0.15, -0.1) is 0 Å². The van der Waals surface area contributed by atoms with Crippen molar-refractivity contribution < 1.29 is 13.6 Å². The maximum Gasteiger partial charge on any atom is 0.271 e. The molecule has 3 rings (SSSR count). The third-order valence-electron chi connectivity index (χ3n) is 3.54. The fourth-order valence-corrected chi connectivity index (χ4v) is 2.56. The minimum Gasteiger partial charge on any atom is -0.460 e. The molecule has 124 valence electrons. The van der Waals surface area contributed by atoms with Crippen molar-refractivity contribution in [2.24, 2.45) is 0 Å². The van der Waals surface area contributed by atoms with Gasteiger partial charge < -0.3 is 9.73 Å². The molecule has 1 amide bonds. The van der Waals surface area contributed by atoms with E-state index in [1.807, 2.05) is 13.0 Å². The maximum atomic E-state index is 13.7. The molecular formula is C17H15ClFN3O2. The molecule has 3 aromatic rings. The molecular weight excluding hydrogens is 333 g/mol. The van der Waals surface area contributed by atoms with Gasteiger partial charge in [0.1, 0.15) is 17.3 Å². The number of amides is 1. The standard InChI is InChI=1S/C17H15ClFN3O2/c1-10-5-6-16(24-10)14-9-15(22-21-14)17(23)20-8-7-11-12(18)3-2-4-13(11)19/h2-6,9H,7-8H2,1H3,(H,20,23)(H,21,22). The number of hydrogen-bond donors (Lipinski definition) is 2. The Bertz CT molecular complexity index is 852. The van der Waals surface area contributed by atoms with Crippen LogP contribution in [0.4, 0.5) is 4.39 Å². The largest absolute Gasteiger partial charge is 0.460 e. The van der Waals surface area contributed by atoms with Crippen LogP contribution in [0.1, 0.15) is 21.8 Å². The fraction of sp³-hybridized carbons (Fsp3) is 0.176. The molecule has 2 heterocycles. The fourth-order valence-electron chi connectivity index (χ4n) is 2.31. The van der Waals surface area contributed by atoms with Crippen molar-refractivity contribution in [3.8, 4) is 11.5 Å². The van der Waals surface area contributed by atoms with E-state index in [0.717, 1.165) is 5.76 Å². The first-order valence-electron chi connectivity index (χ1n) is 7.38. The maximum absolute atomic E-state index is 13.7. The van der Waals surface area contributed by atoms with E-state index in [-0.39, 0.29) is 24.0 Å². The van der Waals surface area contributed by atoms with Gasteiger partial charge in [-0.3, -0.25) is 9.89 Å². The minimum atomic E-state index is -0.382. The Hall–Kier alpha value is -2.60. The van der Waals surface area contributed by atoms with E-state index in [1.54, 1.807) is 24.3 Å². The van der Waals surface area contributed by atoms with Gasteiger partial charge in [-0.05, 0) is 37.6 Å². The van der Waals surface area contributed by atoms with Gasteiger partial charge >= 0.3 is 0 Å². The molecule has 2 N–H and O–H groups in total. The highest BCUT2D eigenvalue weighted by Crippen LogP contribution is 2.21. The first kappa shape index (κ1) is 16.3. The molecule has 0 unspecified atom stereocenters. The second-order valence-corrected chi connectivity index (χ2v) is 5.69. The second kappa shape index (κ2) is 6.88. The molecule has 0 fully saturated rings. The van der Waals surface area contributed by atoms with Crippen molar-refractivity contribution >= 4 is 17.5 Å². The lowest BCUT2D eigenvalue weighted by Gasteiger charge is -2.06. The summed E-state index contributed by atoms with van der Waals surface area (Å²) in [5.41, 5.74) is 1.23. The topological polar surface area (TPSA) is 70.9 Å². The number of H-pyrrole nitrogens is 1. The molecule has 7 heteroatoms. The number of nitrogens with zero attached hydrogens (tertiary/aromatic N) is 1. The van der Waals surface area contributed by atoms with E-state index in [2.05, 4.69) is 15.5 Å². The van der Waals surface area contributed by atoms with E-state index in [9.17, 15) is 9.18 Å². The summed E-state index contributed by atoms with van der Waals surface area (Å²) in [5.74, 6) is 0.643. The Kier molecular flexibility index (Phi) is 4.66. The van der Waals surface area contributed by atoms with Crippen LogP contribution in [-0.4, -0.2) is 22.6 Å². The molecule has 5 nitrogen and oxygen atoms in total. The lowest BCUT2D eigenvalue weighted by atomic mass is 10.1. The van der Waals surface area contributed by atoms with Crippen LogP contribution in [0.3, 0.4) is 0 Å². The lowest BCUT2D eigenvalue weighted by molar-refractivity contribution is 0.0949. The Balaban J connectivity index is 1.61. The summed E-state index contributed by atoms with van der Waals surface area (Å²) in [6.07, 6.45) is 0.298. The quantitative estimate of drug-likeness (QED) is 0.738. The summed E-state index contributed by atoms with van der Waals surface area (Å²) in [6, 6.07) is 9.73. The zero-order valence-electron chi connectivity index (χ0n) is 12.9. The number of carbonyl (C=O) groups is 1. The summed E-state index contributed by atoms with van der Waals surface area (Å²) >= 11 is 5.95. The monoisotopic (exact) mass is 347 g/mol. The highest BCUT2D eigenvalue weighted by Gasteiger charge is 2.13. The zero-order chi connectivity index (χ0) is 17.1. The Morgan fingerprint density at radius 3 is 2.92 bits per heavy atom. The van der Waals surface area contributed by atoms with Crippen LogP contribution < -0.4 is 5.32 Å². The molecule has 24 heavy (non-hydrogen) atoms. The van der Waals surface area contributed by atoms with Gasteiger partial charge in [0.05, 0.1) is 0 Å². The van der Waals surface area contributed by atoms with Gasteiger partial charge in [0.15, 0.2) is 11.5 Å². The van der Waals surface area contributed by atoms with Crippen molar-refractivity contribution in [3.63, 3.8) is 0 Å². The van der Waals surface area contributed by atoms with Gasteiger partial charge in [0.2, 0.25) is 0 Å². The van der Waals surface area contributed by atoms with Crippen LogP contribution in [0.25, 0.3) is 11.5 Å². The van der Waals surface area contributed by atoms with Gasteiger partial charge in [-0.2, -0.15) is 5.10 Å². The smallest absolute Gasteiger partial charge is 0.271 e. The van der Waals surface area contributed by atoms with Crippen molar-refractivity contribution in [2.75, 3.05) is 6.54 Å². The Labute approximate surface area is 142 Å². The van der Waals surface area contributed by atoms with Crippen LogP contribution >= 0.6 is 11.6 Å². The molecule has 0 bridgehead atoms. The van der Waals surface area contributed by atoms with Crippen molar-refractivity contribution in [2.45, 2.75) is 13.3 Å². The van der Waals surface area contributed by atoms with E-state index < -0.39 is 0 Å². The average Bonchev–Trinajstić information content (AvgIpc) is 3.19. The number of furan rings is 1. The number of aryl methyl sites for hydroxylation is 1. The van der Waals surface area contributed by atoms with Gasteiger partial charge in [-0.1, -0.05) is 17.7 Å². The normalized spacial score (nSPS) is 10.8. The van der Waals surface area contributed by atoms with Crippen LogP contribution in [0.2, 0.25) is 5.02 Å². The third kappa shape index (κ3) is 3.49. The summed E-state index contributed by atoms with van der Waals surface area (Å²) in [5, 5.41) is 9.76. The number of benzene rings is 1. The molecule has 0 saturated heterocycles. The van der Waals surface area contributed by atoms with Gasteiger partial charge in [0, 0.05) is 23.2 Å². The number of nitrogens with one attached hydrogen (secondary N) is 2. The van der Waals surface area contributed by atoms with Crippen LogP contribution in [0, 0.1) is 12.7 Å². The van der Waals surface area contributed by atoms with Crippen LogP contribution in [-0.2, 0) is 6.42 Å². The number of halogens is 2. The molecule has 2 aromatic heterocycles. The molecule has 0 aliphatic carbocycles. The third-order valence-corrected chi connectivity index (χ3v) is 3.89. The van der Waals surface area contributed by atoms with Crippen LogP contribution in [0.15, 0.2) is 40.8 Å². The van der Waals surface area contributed by atoms with E-state index in [0.29, 0.717) is 28.5 Å². The Morgan fingerprint density at radius 2 is 2.21 bits per heavy atom. The van der Waals surface area contributed by atoms with Crippen molar-refractivity contribution in [3.05, 3.63) is 64.3 Å². The number of rotatable bonds is 5. The molecule has 1 aromatic carbocycles. The molecule has 0 spiro atoms. The highest BCUT2D eigenvalue weighted by molar-refractivity contribution is 6.31. The van der Waals surface area contributed by atoms with Crippen molar-refractivity contribution in [1.82, 2.24) is 15.5 Å². The molecule has 0 aliphatic rings. The first-order chi connectivity index (χ1) is 11.5. The second-order valence-electron chi connectivity index (χ2n) is 5.28. The zero-order valence-corrected chi connectivity index (χ0v) is 13.7. The van der Waals surface area contributed by atoms with E-state index in [4.69, 9.17) is 16.0 Å². The minimum absolute atomic E-state index is 0.235. The molecule has 0 saturated carbocycles. The van der Waals surface area contributed by atoms with Crippen LogP contribution in [0.5, 0.6) is 0 Å². The molecule has 0 radical (unpaired) electrons. The summed E-state index contributed by atoms with van der Waals surface area (Å²) < 4.78 is 19.1. The average molecular weight is 348 g/mol. The molecule has 0 atom stereocenters. The highest BCUT2D eigenvalue weighted by atomic mass is 35.5. The SMILES string of the molecule is Cc1ccc(-c2cc(C(=O)NCCc3c(F)cccc3Cl)n[nH]2)o1. The predicted molar refractivity (Wildman–Crippen MR) is 88.5 cm³/mol. The molecule has 0 aliphatic heterocycles.